The van der Waals surface area contributed by atoms with E-state index in [-0.39, 0.29) is 22.7 Å². The van der Waals surface area contributed by atoms with Gasteiger partial charge in [-0.2, -0.15) is 0 Å². The van der Waals surface area contributed by atoms with Gasteiger partial charge in [-0.3, -0.25) is 20.2 Å². The van der Waals surface area contributed by atoms with Crippen molar-refractivity contribution in [2.24, 2.45) is 0 Å². The lowest BCUT2D eigenvalue weighted by Gasteiger charge is -2.12. The van der Waals surface area contributed by atoms with Gasteiger partial charge in [0.05, 0.1) is 4.92 Å². The van der Waals surface area contributed by atoms with Crippen molar-refractivity contribution in [1.82, 2.24) is 9.55 Å². The SMILES string of the molecule is CC(C)n1cccc1C(=O)Nc1nc(Cl)ccc1[N+](=O)[O-]. The molecular weight excluding hydrogens is 296 g/mol. The molecule has 21 heavy (non-hydrogen) atoms. The first-order valence-corrected chi connectivity index (χ1v) is 6.57. The third-order valence-electron chi connectivity index (χ3n) is 2.84. The third-order valence-corrected chi connectivity index (χ3v) is 3.05. The van der Waals surface area contributed by atoms with E-state index in [4.69, 9.17) is 11.6 Å². The molecule has 0 spiro atoms. The molecule has 0 fully saturated rings. The zero-order valence-corrected chi connectivity index (χ0v) is 12.2. The summed E-state index contributed by atoms with van der Waals surface area (Å²) in [6, 6.07) is 5.95. The van der Waals surface area contributed by atoms with Gasteiger partial charge in [0.15, 0.2) is 0 Å². The van der Waals surface area contributed by atoms with Crippen LogP contribution in [0, 0.1) is 10.1 Å². The standard InChI is InChI=1S/C13H13ClN4O3/c1-8(2)17-7-3-4-10(17)13(19)16-12-9(18(20)21)5-6-11(14)15-12/h3-8H,1-2H3,(H,15,16,19). The first kappa shape index (κ1) is 15.0. The molecule has 0 aliphatic rings. The van der Waals surface area contributed by atoms with Crippen molar-refractivity contribution in [3.63, 3.8) is 0 Å². The first-order valence-electron chi connectivity index (χ1n) is 6.19. The number of amides is 1. The maximum absolute atomic E-state index is 12.2. The lowest BCUT2D eigenvalue weighted by molar-refractivity contribution is -0.384. The summed E-state index contributed by atoms with van der Waals surface area (Å²) in [6.07, 6.45) is 1.76. The molecular formula is C13H13ClN4O3. The fourth-order valence-corrected chi connectivity index (χ4v) is 2.02. The number of hydrogen-bond acceptors (Lipinski definition) is 4. The minimum absolute atomic E-state index is 0.0649. The lowest BCUT2D eigenvalue weighted by atomic mass is 10.3. The second-order valence-corrected chi connectivity index (χ2v) is 4.99. The van der Waals surface area contributed by atoms with Crippen LogP contribution in [0.25, 0.3) is 0 Å². The van der Waals surface area contributed by atoms with Crippen molar-refractivity contribution >= 4 is 29.0 Å². The summed E-state index contributed by atoms with van der Waals surface area (Å²) < 4.78 is 1.76. The van der Waals surface area contributed by atoms with Gasteiger partial charge in [0.25, 0.3) is 5.91 Å². The minimum Gasteiger partial charge on any atom is -0.341 e. The van der Waals surface area contributed by atoms with Crippen LogP contribution in [0.2, 0.25) is 5.15 Å². The van der Waals surface area contributed by atoms with Crippen molar-refractivity contribution in [3.8, 4) is 0 Å². The summed E-state index contributed by atoms with van der Waals surface area (Å²) in [4.78, 5) is 26.4. The number of nitro groups is 1. The van der Waals surface area contributed by atoms with Crippen molar-refractivity contribution in [1.29, 1.82) is 0 Å². The fourth-order valence-electron chi connectivity index (χ4n) is 1.88. The summed E-state index contributed by atoms with van der Waals surface area (Å²) in [5.41, 5.74) is 0.0801. The van der Waals surface area contributed by atoms with Gasteiger partial charge in [-0.15, -0.1) is 0 Å². The topological polar surface area (TPSA) is 90.1 Å². The molecule has 0 unspecified atom stereocenters. The van der Waals surface area contributed by atoms with E-state index >= 15 is 0 Å². The molecule has 0 radical (unpaired) electrons. The van der Waals surface area contributed by atoms with Crippen molar-refractivity contribution in [2.75, 3.05) is 5.32 Å². The van der Waals surface area contributed by atoms with Gasteiger partial charge in [0.1, 0.15) is 10.8 Å². The summed E-state index contributed by atoms with van der Waals surface area (Å²) >= 11 is 5.72. The Kier molecular flexibility index (Phi) is 4.23. The minimum atomic E-state index is -0.625. The molecule has 0 bridgehead atoms. The summed E-state index contributed by atoms with van der Waals surface area (Å²) in [5, 5.41) is 13.4. The second kappa shape index (κ2) is 5.92. The van der Waals surface area contributed by atoms with Crippen LogP contribution in [-0.4, -0.2) is 20.4 Å². The van der Waals surface area contributed by atoms with Crippen molar-refractivity contribution in [2.45, 2.75) is 19.9 Å². The molecule has 8 heteroatoms. The molecule has 0 aromatic carbocycles. The number of hydrogen-bond donors (Lipinski definition) is 1. The van der Waals surface area contributed by atoms with Gasteiger partial charge in [-0.25, -0.2) is 4.98 Å². The Morgan fingerprint density at radius 2 is 2.14 bits per heavy atom. The van der Waals surface area contributed by atoms with Gasteiger partial charge in [-0.1, -0.05) is 11.6 Å². The third kappa shape index (κ3) is 3.19. The lowest BCUT2D eigenvalue weighted by Crippen LogP contribution is -2.19. The van der Waals surface area contributed by atoms with E-state index in [1.807, 2.05) is 13.8 Å². The highest BCUT2D eigenvalue weighted by Crippen LogP contribution is 2.24. The Morgan fingerprint density at radius 1 is 1.43 bits per heavy atom. The zero-order chi connectivity index (χ0) is 15.6. The number of anilines is 1. The van der Waals surface area contributed by atoms with Gasteiger partial charge in [0.2, 0.25) is 5.82 Å². The van der Waals surface area contributed by atoms with Crippen LogP contribution in [0.15, 0.2) is 30.5 Å². The fraction of sp³-hybridized carbons (Fsp3) is 0.231. The van der Waals surface area contributed by atoms with E-state index in [9.17, 15) is 14.9 Å². The average molecular weight is 309 g/mol. The molecule has 2 aromatic rings. The average Bonchev–Trinajstić information content (AvgIpc) is 2.87. The molecule has 0 aliphatic heterocycles. The predicted octanol–water partition coefficient (Wildman–Crippen LogP) is 3.28. The van der Waals surface area contributed by atoms with Crippen molar-refractivity contribution in [3.05, 3.63) is 51.4 Å². The number of aromatic nitrogens is 2. The van der Waals surface area contributed by atoms with E-state index in [0.717, 1.165) is 0 Å². The number of nitrogens with zero attached hydrogens (tertiary/aromatic N) is 3. The van der Waals surface area contributed by atoms with Crippen LogP contribution in [0.4, 0.5) is 11.5 Å². The van der Waals surface area contributed by atoms with Crippen LogP contribution >= 0.6 is 11.6 Å². The number of rotatable bonds is 4. The largest absolute Gasteiger partial charge is 0.341 e. The molecule has 2 aromatic heterocycles. The molecule has 110 valence electrons. The molecule has 0 saturated heterocycles. The highest BCUT2D eigenvalue weighted by molar-refractivity contribution is 6.29. The van der Waals surface area contributed by atoms with E-state index in [2.05, 4.69) is 10.3 Å². The number of carbonyl (C=O) groups is 1. The quantitative estimate of drug-likeness (QED) is 0.533. The molecule has 0 saturated carbocycles. The smallest absolute Gasteiger partial charge is 0.311 e. The van der Waals surface area contributed by atoms with Gasteiger partial charge in [-0.05, 0) is 32.0 Å². The Morgan fingerprint density at radius 3 is 2.76 bits per heavy atom. The van der Waals surface area contributed by atoms with Crippen molar-refractivity contribution < 1.29 is 9.72 Å². The first-order chi connectivity index (χ1) is 9.90. The molecule has 0 atom stereocenters. The normalized spacial score (nSPS) is 10.7. The Hall–Kier alpha value is -2.41. The number of carbonyl (C=O) groups excluding carboxylic acids is 1. The Bertz CT molecular complexity index is 696. The molecule has 1 amide bonds. The maximum atomic E-state index is 12.2. The van der Waals surface area contributed by atoms with Crippen LogP contribution in [0.5, 0.6) is 0 Å². The summed E-state index contributed by atoms with van der Waals surface area (Å²) in [6.45, 7) is 3.85. The summed E-state index contributed by atoms with van der Waals surface area (Å²) in [7, 11) is 0. The number of halogens is 1. The van der Waals surface area contributed by atoms with E-state index < -0.39 is 10.8 Å². The van der Waals surface area contributed by atoms with Crippen LogP contribution in [0.1, 0.15) is 30.4 Å². The van der Waals surface area contributed by atoms with Crippen LogP contribution in [-0.2, 0) is 0 Å². The maximum Gasteiger partial charge on any atom is 0.311 e. The van der Waals surface area contributed by atoms with Gasteiger partial charge in [0, 0.05) is 18.3 Å². The predicted molar refractivity (Wildman–Crippen MR) is 78.7 cm³/mol. The molecule has 2 heterocycles. The number of pyridine rings is 1. The molecule has 2 rings (SSSR count). The number of nitrogens with one attached hydrogen (secondary N) is 1. The monoisotopic (exact) mass is 308 g/mol. The van der Waals surface area contributed by atoms with Gasteiger partial charge >= 0.3 is 5.69 Å². The van der Waals surface area contributed by atoms with Crippen LogP contribution in [0.3, 0.4) is 0 Å². The summed E-state index contributed by atoms with van der Waals surface area (Å²) in [5.74, 6) is -0.652. The molecule has 7 nitrogen and oxygen atoms in total. The Balaban J connectivity index is 2.33. The highest BCUT2D eigenvalue weighted by atomic mass is 35.5. The molecule has 1 N–H and O–H groups in total. The zero-order valence-electron chi connectivity index (χ0n) is 11.4. The Labute approximate surface area is 125 Å². The molecule has 0 aliphatic carbocycles. The van der Waals surface area contributed by atoms with Gasteiger partial charge < -0.3 is 4.57 Å². The van der Waals surface area contributed by atoms with E-state index in [0.29, 0.717) is 5.69 Å². The van der Waals surface area contributed by atoms with Crippen LogP contribution < -0.4 is 5.32 Å². The second-order valence-electron chi connectivity index (χ2n) is 4.61. The van der Waals surface area contributed by atoms with E-state index in [1.54, 1.807) is 22.9 Å². The van der Waals surface area contributed by atoms with E-state index in [1.165, 1.54) is 12.1 Å². The highest BCUT2D eigenvalue weighted by Gasteiger charge is 2.20.